The van der Waals surface area contributed by atoms with E-state index in [9.17, 15) is 14.4 Å². The molecule has 2 aromatic carbocycles. The molecule has 0 saturated heterocycles. The van der Waals surface area contributed by atoms with Gasteiger partial charge in [-0.3, -0.25) is 19.4 Å². The normalized spacial score (nSPS) is 10.8. The maximum atomic E-state index is 12.4. The molecule has 0 atom stereocenters. The van der Waals surface area contributed by atoms with Crippen molar-refractivity contribution in [1.82, 2.24) is 15.3 Å². The van der Waals surface area contributed by atoms with Crippen molar-refractivity contribution in [2.75, 3.05) is 11.9 Å². The van der Waals surface area contributed by atoms with Crippen LogP contribution >= 0.6 is 0 Å². The number of aromatic nitrogens is 2. The first-order valence-electron chi connectivity index (χ1n) is 9.20. The topological polar surface area (TPSA) is 101 Å². The molecule has 0 spiro atoms. The number of fused-ring (bicyclic) bond motifs is 1. The molecule has 0 fully saturated rings. The second-order valence-electron chi connectivity index (χ2n) is 6.27. The van der Waals surface area contributed by atoms with Crippen molar-refractivity contribution in [1.29, 1.82) is 0 Å². The fraction of sp³-hybridized carbons (Fsp3) is 0.136. The molecule has 1 heterocycles. The van der Waals surface area contributed by atoms with Gasteiger partial charge in [-0.2, -0.15) is 0 Å². The third-order valence-electron chi connectivity index (χ3n) is 4.04. The van der Waals surface area contributed by atoms with E-state index in [1.807, 2.05) is 31.2 Å². The highest BCUT2D eigenvalue weighted by atomic mass is 16.2. The summed E-state index contributed by atoms with van der Waals surface area (Å²) in [5.41, 5.74) is 3.01. The highest BCUT2D eigenvalue weighted by Gasteiger charge is 2.12. The fourth-order valence-corrected chi connectivity index (χ4v) is 2.53. The Hall–Kier alpha value is -3.87. The Morgan fingerprint density at radius 2 is 1.69 bits per heavy atom. The van der Waals surface area contributed by atoms with Crippen LogP contribution in [0.2, 0.25) is 0 Å². The molecule has 146 valence electrons. The molecule has 0 bridgehead atoms. The van der Waals surface area contributed by atoms with Crippen LogP contribution in [0.25, 0.3) is 17.1 Å². The number of para-hydroxylation sites is 2. The zero-order chi connectivity index (χ0) is 20.6. The highest BCUT2D eigenvalue weighted by Crippen LogP contribution is 2.12. The van der Waals surface area contributed by atoms with Gasteiger partial charge in [-0.1, -0.05) is 19.1 Å². The van der Waals surface area contributed by atoms with Crippen LogP contribution < -0.4 is 10.6 Å². The van der Waals surface area contributed by atoms with E-state index in [0.717, 1.165) is 17.5 Å². The molecule has 29 heavy (non-hydrogen) atoms. The van der Waals surface area contributed by atoms with Gasteiger partial charge in [0.05, 0.1) is 22.9 Å². The Morgan fingerprint density at radius 3 is 2.41 bits per heavy atom. The van der Waals surface area contributed by atoms with Gasteiger partial charge in [0.25, 0.3) is 0 Å². The van der Waals surface area contributed by atoms with E-state index in [1.165, 1.54) is 6.08 Å². The zero-order valence-electron chi connectivity index (χ0n) is 15.9. The lowest BCUT2D eigenvalue weighted by atomic mass is 10.1. The second-order valence-corrected chi connectivity index (χ2v) is 6.27. The lowest BCUT2D eigenvalue weighted by molar-refractivity contribution is -0.136. The number of allylic oxidation sites excluding steroid dienone is 1. The van der Waals surface area contributed by atoms with E-state index < -0.39 is 11.8 Å². The van der Waals surface area contributed by atoms with Crippen LogP contribution in [0.15, 0.2) is 60.8 Å². The van der Waals surface area contributed by atoms with Crippen LogP contribution in [0.1, 0.15) is 29.4 Å². The summed E-state index contributed by atoms with van der Waals surface area (Å²) in [7, 11) is 0. The Balaban J connectivity index is 1.62. The Kier molecular flexibility index (Phi) is 6.42. The van der Waals surface area contributed by atoms with Crippen molar-refractivity contribution in [3.05, 3.63) is 72.1 Å². The molecule has 0 radical (unpaired) electrons. The van der Waals surface area contributed by atoms with Crippen LogP contribution in [-0.2, 0) is 9.59 Å². The quantitative estimate of drug-likeness (QED) is 0.384. The molecule has 0 aliphatic carbocycles. The minimum absolute atomic E-state index is 0.210. The molecule has 3 rings (SSSR count). The summed E-state index contributed by atoms with van der Waals surface area (Å²) in [6.45, 7) is 2.34. The van der Waals surface area contributed by atoms with E-state index in [0.29, 0.717) is 23.5 Å². The van der Waals surface area contributed by atoms with Crippen molar-refractivity contribution in [3.63, 3.8) is 0 Å². The summed E-state index contributed by atoms with van der Waals surface area (Å²) in [6.07, 6.45) is 5.38. The van der Waals surface area contributed by atoms with Gasteiger partial charge < -0.3 is 10.6 Å². The van der Waals surface area contributed by atoms with Gasteiger partial charge in [-0.15, -0.1) is 0 Å². The molecule has 0 aliphatic heterocycles. The number of benzene rings is 2. The second kappa shape index (κ2) is 9.36. The first kappa shape index (κ1) is 19.9. The molecule has 0 unspecified atom stereocenters. The molecule has 2 N–H and O–H groups in total. The van der Waals surface area contributed by atoms with Crippen LogP contribution in [0.4, 0.5) is 5.69 Å². The minimum atomic E-state index is -0.743. The number of hydrogen-bond donors (Lipinski definition) is 2. The molecule has 2 amide bonds. The van der Waals surface area contributed by atoms with Crippen LogP contribution in [0.5, 0.6) is 0 Å². The lowest BCUT2D eigenvalue weighted by Crippen LogP contribution is -2.35. The summed E-state index contributed by atoms with van der Waals surface area (Å²) in [5.74, 6) is -1.64. The van der Waals surface area contributed by atoms with Crippen molar-refractivity contribution < 1.29 is 14.4 Å². The molecule has 1 aromatic heterocycles. The third-order valence-corrected chi connectivity index (χ3v) is 4.04. The SMILES string of the molecule is CCCNC(=O)C(=O)Nc1ccc(C(=O)/C=C/c2cnc3ccccc3n2)cc1. The van der Waals surface area contributed by atoms with E-state index in [-0.39, 0.29) is 5.78 Å². The fourth-order valence-electron chi connectivity index (χ4n) is 2.53. The summed E-state index contributed by atoms with van der Waals surface area (Å²) < 4.78 is 0. The lowest BCUT2D eigenvalue weighted by Gasteiger charge is -2.06. The van der Waals surface area contributed by atoms with Crippen molar-refractivity contribution in [3.8, 4) is 0 Å². The monoisotopic (exact) mass is 388 g/mol. The minimum Gasteiger partial charge on any atom is -0.348 e. The number of nitrogens with zero attached hydrogens (tertiary/aromatic N) is 2. The van der Waals surface area contributed by atoms with Crippen molar-refractivity contribution in [2.45, 2.75) is 13.3 Å². The van der Waals surface area contributed by atoms with Gasteiger partial charge in [0.2, 0.25) is 0 Å². The molecule has 0 aliphatic rings. The van der Waals surface area contributed by atoms with Gasteiger partial charge >= 0.3 is 11.8 Å². The maximum Gasteiger partial charge on any atom is 0.313 e. The van der Waals surface area contributed by atoms with Gasteiger partial charge in [-0.25, -0.2) is 4.98 Å². The Morgan fingerprint density at radius 1 is 0.966 bits per heavy atom. The van der Waals surface area contributed by atoms with Gasteiger partial charge in [0.15, 0.2) is 5.78 Å². The summed E-state index contributed by atoms with van der Waals surface area (Å²) in [5, 5.41) is 4.99. The van der Waals surface area contributed by atoms with E-state index in [2.05, 4.69) is 20.6 Å². The third kappa shape index (κ3) is 5.32. The van der Waals surface area contributed by atoms with Gasteiger partial charge in [0.1, 0.15) is 0 Å². The summed E-state index contributed by atoms with van der Waals surface area (Å²) >= 11 is 0. The van der Waals surface area contributed by atoms with E-state index in [1.54, 1.807) is 36.5 Å². The van der Waals surface area contributed by atoms with Gasteiger partial charge in [0, 0.05) is 17.8 Å². The zero-order valence-corrected chi connectivity index (χ0v) is 15.9. The molecular weight excluding hydrogens is 368 g/mol. The smallest absolute Gasteiger partial charge is 0.313 e. The average Bonchev–Trinajstić information content (AvgIpc) is 2.76. The van der Waals surface area contributed by atoms with Crippen molar-refractivity contribution >= 4 is 40.4 Å². The molecule has 7 nitrogen and oxygen atoms in total. The molecular formula is C22H20N4O3. The predicted molar refractivity (Wildman–Crippen MR) is 111 cm³/mol. The summed E-state index contributed by atoms with van der Waals surface area (Å²) in [6, 6.07) is 13.8. The molecule has 7 heteroatoms. The largest absolute Gasteiger partial charge is 0.348 e. The van der Waals surface area contributed by atoms with Gasteiger partial charge in [-0.05, 0) is 55.0 Å². The maximum absolute atomic E-state index is 12.4. The predicted octanol–water partition coefficient (Wildman–Crippen LogP) is 2.99. The number of anilines is 1. The van der Waals surface area contributed by atoms with Crippen LogP contribution in [0.3, 0.4) is 0 Å². The summed E-state index contributed by atoms with van der Waals surface area (Å²) in [4.78, 5) is 44.5. The number of carbonyl (C=O) groups excluding carboxylic acids is 3. The van der Waals surface area contributed by atoms with Crippen LogP contribution in [-0.4, -0.2) is 34.1 Å². The van der Waals surface area contributed by atoms with E-state index in [4.69, 9.17) is 0 Å². The number of nitrogens with one attached hydrogen (secondary N) is 2. The van der Waals surface area contributed by atoms with Crippen molar-refractivity contribution in [2.24, 2.45) is 0 Å². The first-order chi connectivity index (χ1) is 14.1. The van der Waals surface area contributed by atoms with Crippen LogP contribution in [0, 0.1) is 0 Å². The first-order valence-corrected chi connectivity index (χ1v) is 9.20. The van der Waals surface area contributed by atoms with E-state index >= 15 is 0 Å². The standard InChI is InChI=1S/C22H20N4O3/c1-2-13-23-21(28)22(29)26-16-9-7-15(8-10-16)20(27)12-11-17-14-24-18-5-3-4-6-19(18)25-17/h3-12,14H,2,13H2,1H3,(H,23,28)(H,26,29)/b12-11+. The number of ketones is 1. The molecule has 3 aromatic rings. The number of hydrogen-bond acceptors (Lipinski definition) is 5. The Bertz CT molecular complexity index is 1070. The number of carbonyl (C=O) groups is 3. The molecule has 0 saturated carbocycles. The Labute approximate surface area is 167 Å². The number of rotatable bonds is 6. The highest BCUT2D eigenvalue weighted by molar-refractivity contribution is 6.39. The number of amides is 2. The average molecular weight is 388 g/mol.